The second kappa shape index (κ2) is 7.97. The van der Waals surface area contributed by atoms with Gasteiger partial charge in [-0.25, -0.2) is 0 Å². The first-order valence-electron chi connectivity index (χ1n) is 7.09. The van der Waals surface area contributed by atoms with Crippen LogP contribution in [0.1, 0.15) is 26.3 Å². The van der Waals surface area contributed by atoms with E-state index in [0.717, 1.165) is 11.6 Å². The van der Waals surface area contributed by atoms with Gasteiger partial charge in [-0.05, 0) is 37.3 Å². The molecule has 0 atom stereocenters. The quantitative estimate of drug-likeness (QED) is 0.438. The van der Waals surface area contributed by atoms with E-state index in [0.29, 0.717) is 5.56 Å². The summed E-state index contributed by atoms with van der Waals surface area (Å²) in [4.78, 5) is 34.1. The predicted molar refractivity (Wildman–Crippen MR) is 94.9 cm³/mol. The van der Waals surface area contributed by atoms with Crippen molar-refractivity contribution in [3.63, 3.8) is 0 Å². The van der Waals surface area contributed by atoms with E-state index in [1.54, 1.807) is 18.2 Å². The standard InChI is InChI=1S/C16H14N4O4S/c1-10-4-2-5-11(8-10)14(21)17-16(25)19-18-15(22)12-6-3-7-13(9-12)20(23)24/h2-9H,1H3,(H,18,22)(H2,17,19,21,25). The van der Waals surface area contributed by atoms with Crippen molar-refractivity contribution in [1.82, 2.24) is 16.2 Å². The minimum Gasteiger partial charge on any atom is -0.298 e. The first-order chi connectivity index (χ1) is 11.9. The first kappa shape index (κ1) is 18.0. The molecule has 0 saturated carbocycles. The monoisotopic (exact) mass is 358 g/mol. The van der Waals surface area contributed by atoms with Crippen LogP contribution < -0.4 is 16.2 Å². The zero-order chi connectivity index (χ0) is 18.4. The van der Waals surface area contributed by atoms with Gasteiger partial charge >= 0.3 is 0 Å². The van der Waals surface area contributed by atoms with E-state index in [-0.39, 0.29) is 16.4 Å². The van der Waals surface area contributed by atoms with Crippen molar-refractivity contribution in [2.24, 2.45) is 0 Å². The molecule has 0 saturated heterocycles. The number of nitro benzene ring substituents is 1. The Morgan fingerprint density at radius 2 is 1.64 bits per heavy atom. The van der Waals surface area contributed by atoms with E-state index in [1.807, 2.05) is 13.0 Å². The van der Waals surface area contributed by atoms with Gasteiger partial charge in [0.15, 0.2) is 5.11 Å². The number of hydrogen-bond donors (Lipinski definition) is 3. The van der Waals surface area contributed by atoms with Crippen LogP contribution in [0.2, 0.25) is 0 Å². The van der Waals surface area contributed by atoms with Gasteiger partial charge in [0.2, 0.25) is 0 Å². The second-order valence-electron chi connectivity index (χ2n) is 5.04. The zero-order valence-corrected chi connectivity index (χ0v) is 13.9. The molecular formula is C16H14N4O4S. The average Bonchev–Trinajstić information content (AvgIpc) is 2.59. The molecule has 0 radical (unpaired) electrons. The van der Waals surface area contributed by atoms with Crippen molar-refractivity contribution in [2.75, 3.05) is 0 Å². The number of thiocarbonyl (C=S) groups is 1. The number of carbonyl (C=O) groups is 2. The topological polar surface area (TPSA) is 113 Å². The Morgan fingerprint density at radius 3 is 2.28 bits per heavy atom. The van der Waals surface area contributed by atoms with Crippen molar-refractivity contribution in [1.29, 1.82) is 0 Å². The summed E-state index contributed by atoms with van der Waals surface area (Å²) in [6.45, 7) is 1.85. The first-order valence-corrected chi connectivity index (χ1v) is 7.50. The van der Waals surface area contributed by atoms with Crippen LogP contribution in [0.4, 0.5) is 5.69 Å². The van der Waals surface area contributed by atoms with Crippen LogP contribution in [0.5, 0.6) is 0 Å². The molecule has 128 valence electrons. The molecule has 0 spiro atoms. The van der Waals surface area contributed by atoms with Gasteiger partial charge in [-0.15, -0.1) is 0 Å². The van der Waals surface area contributed by atoms with Crippen molar-refractivity contribution in [3.8, 4) is 0 Å². The molecule has 0 heterocycles. The van der Waals surface area contributed by atoms with Gasteiger partial charge in [0.25, 0.3) is 17.5 Å². The fourth-order valence-electron chi connectivity index (χ4n) is 1.94. The Hall–Kier alpha value is -3.33. The van der Waals surface area contributed by atoms with Gasteiger partial charge in [0.05, 0.1) is 4.92 Å². The van der Waals surface area contributed by atoms with E-state index in [1.165, 1.54) is 18.2 Å². The molecule has 25 heavy (non-hydrogen) atoms. The molecule has 9 heteroatoms. The molecule has 0 aliphatic carbocycles. The number of nitrogens with one attached hydrogen (secondary N) is 3. The lowest BCUT2D eigenvalue weighted by atomic mass is 10.1. The number of benzene rings is 2. The molecule has 3 N–H and O–H groups in total. The number of hydrogen-bond acceptors (Lipinski definition) is 5. The van der Waals surface area contributed by atoms with Gasteiger partial charge in [-0.2, -0.15) is 0 Å². The molecule has 2 amide bonds. The Kier molecular flexibility index (Phi) is 5.75. The van der Waals surface area contributed by atoms with Gasteiger partial charge in [-0.3, -0.25) is 35.9 Å². The van der Waals surface area contributed by atoms with Gasteiger partial charge in [-0.1, -0.05) is 23.8 Å². The van der Waals surface area contributed by atoms with Gasteiger partial charge < -0.3 is 0 Å². The highest BCUT2D eigenvalue weighted by Gasteiger charge is 2.12. The number of aryl methyl sites for hydroxylation is 1. The third-order valence-corrected chi connectivity index (χ3v) is 3.32. The Morgan fingerprint density at radius 1 is 1.00 bits per heavy atom. The minimum atomic E-state index is -0.629. The summed E-state index contributed by atoms with van der Waals surface area (Å²) in [5.74, 6) is -1.05. The lowest BCUT2D eigenvalue weighted by Crippen LogP contribution is -2.48. The van der Waals surface area contributed by atoms with Crippen LogP contribution in [0.25, 0.3) is 0 Å². The number of amides is 2. The largest absolute Gasteiger partial charge is 0.298 e. The summed E-state index contributed by atoms with van der Waals surface area (Å²) in [6, 6.07) is 12.1. The normalized spacial score (nSPS) is 9.80. The van der Waals surface area contributed by atoms with Crippen LogP contribution in [0, 0.1) is 17.0 Å². The highest BCUT2D eigenvalue weighted by Crippen LogP contribution is 2.12. The Balaban J connectivity index is 1.91. The third kappa shape index (κ3) is 5.08. The van der Waals surface area contributed by atoms with Crippen molar-refractivity contribution in [3.05, 3.63) is 75.3 Å². The van der Waals surface area contributed by atoms with Crippen LogP contribution in [0.15, 0.2) is 48.5 Å². The fourth-order valence-corrected chi connectivity index (χ4v) is 2.08. The maximum absolute atomic E-state index is 12.0. The number of nitrogens with zero attached hydrogens (tertiary/aromatic N) is 1. The lowest BCUT2D eigenvalue weighted by molar-refractivity contribution is -0.384. The van der Waals surface area contributed by atoms with E-state index in [2.05, 4.69) is 16.2 Å². The maximum Gasteiger partial charge on any atom is 0.270 e. The summed E-state index contributed by atoms with van der Waals surface area (Å²) in [5.41, 5.74) is 5.86. The Bertz CT molecular complexity index is 854. The maximum atomic E-state index is 12.0. The molecule has 0 aromatic heterocycles. The van der Waals surface area contributed by atoms with Crippen molar-refractivity contribution < 1.29 is 14.5 Å². The highest BCUT2D eigenvalue weighted by molar-refractivity contribution is 7.80. The summed E-state index contributed by atoms with van der Waals surface area (Å²) in [7, 11) is 0. The van der Waals surface area contributed by atoms with E-state index < -0.39 is 16.7 Å². The van der Waals surface area contributed by atoms with E-state index >= 15 is 0 Å². The molecule has 0 bridgehead atoms. The minimum absolute atomic E-state index is 0.0783. The highest BCUT2D eigenvalue weighted by atomic mass is 32.1. The summed E-state index contributed by atoms with van der Waals surface area (Å²) >= 11 is 4.93. The molecule has 2 aromatic rings. The Labute approximate surface area is 148 Å². The molecule has 0 fully saturated rings. The second-order valence-corrected chi connectivity index (χ2v) is 5.45. The molecule has 0 aliphatic heterocycles. The smallest absolute Gasteiger partial charge is 0.270 e. The van der Waals surface area contributed by atoms with E-state index in [9.17, 15) is 19.7 Å². The summed E-state index contributed by atoms with van der Waals surface area (Å²) in [5, 5.41) is 13.0. The average molecular weight is 358 g/mol. The van der Waals surface area contributed by atoms with Crippen molar-refractivity contribution >= 4 is 34.8 Å². The number of nitro groups is 1. The SMILES string of the molecule is Cc1cccc(C(=O)NC(=S)NNC(=O)c2cccc([N+](=O)[O-])c2)c1. The van der Waals surface area contributed by atoms with Crippen LogP contribution in [0.3, 0.4) is 0 Å². The predicted octanol–water partition coefficient (Wildman–Crippen LogP) is 1.85. The van der Waals surface area contributed by atoms with E-state index in [4.69, 9.17) is 12.2 Å². The fraction of sp³-hybridized carbons (Fsp3) is 0.0625. The molecule has 0 unspecified atom stereocenters. The molecule has 2 aromatic carbocycles. The number of non-ortho nitro benzene ring substituents is 1. The molecule has 0 aliphatic rings. The van der Waals surface area contributed by atoms with Gasteiger partial charge in [0.1, 0.15) is 0 Å². The summed E-state index contributed by atoms with van der Waals surface area (Å²) < 4.78 is 0. The third-order valence-electron chi connectivity index (χ3n) is 3.12. The molecule has 8 nitrogen and oxygen atoms in total. The van der Waals surface area contributed by atoms with Crippen molar-refractivity contribution in [2.45, 2.75) is 6.92 Å². The van der Waals surface area contributed by atoms with Gasteiger partial charge in [0, 0.05) is 23.3 Å². The van der Waals surface area contributed by atoms with Crippen LogP contribution >= 0.6 is 12.2 Å². The lowest BCUT2D eigenvalue weighted by Gasteiger charge is -2.11. The number of rotatable bonds is 3. The molecule has 2 rings (SSSR count). The molecular weight excluding hydrogens is 344 g/mol. The van der Waals surface area contributed by atoms with Crippen LogP contribution in [-0.2, 0) is 0 Å². The number of hydrazine groups is 1. The summed E-state index contributed by atoms with van der Waals surface area (Å²) in [6.07, 6.45) is 0. The number of carbonyl (C=O) groups excluding carboxylic acids is 2. The van der Waals surface area contributed by atoms with Crippen LogP contribution in [-0.4, -0.2) is 21.9 Å². The zero-order valence-electron chi connectivity index (χ0n) is 13.1.